The molecule has 96 valence electrons. The third-order valence-electron chi connectivity index (χ3n) is 2.86. The first-order chi connectivity index (χ1) is 8.49. The summed E-state index contributed by atoms with van der Waals surface area (Å²) in [6.07, 6.45) is 0.179. The average Bonchev–Trinajstić information content (AvgIpc) is 2.57. The molecule has 0 saturated carbocycles. The number of nitrogens with two attached hydrogens (primary N) is 1. The molecule has 1 aromatic carbocycles. The van der Waals surface area contributed by atoms with Gasteiger partial charge in [-0.15, -0.1) is 0 Å². The van der Waals surface area contributed by atoms with Gasteiger partial charge in [-0.25, -0.2) is 4.98 Å². The number of hydrogen-bond acceptors (Lipinski definition) is 3. The first-order valence-corrected chi connectivity index (χ1v) is 6.05. The molecular weight excluding hydrogens is 226 g/mol. The Morgan fingerprint density at radius 2 is 1.83 bits per heavy atom. The molecule has 0 saturated heterocycles. The lowest BCUT2D eigenvalue weighted by molar-refractivity contribution is 0.242. The molecule has 2 rings (SSSR count). The van der Waals surface area contributed by atoms with Gasteiger partial charge in [0, 0.05) is 12.6 Å². The van der Waals surface area contributed by atoms with E-state index in [-0.39, 0.29) is 6.10 Å². The molecule has 18 heavy (non-hydrogen) atoms. The molecule has 0 radical (unpaired) electrons. The van der Waals surface area contributed by atoms with Gasteiger partial charge in [-0.3, -0.25) is 0 Å². The van der Waals surface area contributed by atoms with E-state index in [1.54, 1.807) is 0 Å². The monoisotopic (exact) mass is 245 g/mol. The van der Waals surface area contributed by atoms with Gasteiger partial charge in [0.05, 0.1) is 6.10 Å². The maximum absolute atomic E-state index is 6.02. The lowest BCUT2D eigenvalue weighted by atomic mass is 10.1. The van der Waals surface area contributed by atoms with Crippen LogP contribution in [0.2, 0.25) is 0 Å². The largest absolute Gasteiger partial charge is 0.491 e. The summed E-state index contributed by atoms with van der Waals surface area (Å²) in [6, 6.07) is 7.85. The fraction of sp³-hybridized carbons (Fsp3) is 0.357. The van der Waals surface area contributed by atoms with Gasteiger partial charge < -0.3 is 15.0 Å². The van der Waals surface area contributed by atoms with Crippen molar-refractivity contribution in [1.29, 1.82) is 0 Å². The Balaban J connectivity index is 2.31. The highest BCUT2D eigenvalue weighted by molar-refractivity contribution is 5.71. The zero-order chi connectivity index (χ0) is 13.3. The zero-order valence-electron chi connectivity index (χ0n) is 11.3. The third-order valence-corrected chi connectivity index (χ3v) is 2.86. The number of anilines is 1. The fourth-order valence-corrected chi connectivity index (χ4v) is 1.80. The van der Waals surface area contributed by atoms with Crippen molar-refractivity contribution in [2.45, 2.75) is 26.9 Å². The number of aryl methyl sites for hydroxylation is 1. The summed E-state index contributed by atoms with van der Waals surface area (Å²) in [6.45, 7) is 5.96. The van der Waals surface area contributed by atoms with Crippen LogP contribution in [-0.2, 0) is 7.05 Å². The molecule has 4 heteroatoms. The maximum atomic E-state index is 6.02. The van der Waals surface area contributed by atoms with Gasteiger partial charge in [-0.1, -0.05) is 0 Å². The summed E-state index contributed by atoms with van der Waals surface area (Å²) >= 11 is 0. The molecule has 4 nitrogen and oxygen atoms in total. The SMILES string of the molecule is Cc1nc(-c2ccc(OC(C)C)cc2)c(N)n1C. The van der Waals surface area contributed by atoms with Crippen LogP contribution in [0, 0.1) is 6.92 Å². The molecule has 2 N–H and O–H groups in total. The third kappa shape index (κ3) is 2.32. The molecule has 0 fully saturated rings. The van der Waals surface area contributed by atoms with Crippen molar-refractivity contribution in [2.24, 2.45) is 7.05 Å². The van der Waals surface area contributed by atoms with E-state index in [0.29, 0.717) is 5.82 Å². The molecule has 0 unspecified atom stereocenters. The molecule has 0 atom stereocenters. The molecular formula is C14H19N3O. The van der Waals surface area contributed by atoms with Crippen LogP contribution in [0.3, 0.4) is 0 Å². The van der Waals surface area contributed by atoms with Gasteiger partial charge in [0.2, 0.25) is 0 Å². The number of nitrogens with zero attached hydrogens (tertiary/aromatic N) is 2. The van der Waals surface area contributed by atoms with E-state index in [2.05, 4.69) is 4.98 Å². The highest BCUT2D eigenvalue weighted by Crippen LogP contribution is 2.27. The summed E-state index contributed by atoms with van der Waals surface area (Å²) < 4.78 is 7.49. The van der Waals surface area contributed by atoms with Crippen molar-refractivity contribution in [3.8, 4) is 17.0 Å². The quantitative estimate of drug-likeness (QED) is 0.904. The van der Waals surface area contributed by atoms with Gasteiger partial charge in [-0.2, -0.15) is 0 Å². The van der Waals surface area contributed by atoms with Gasteiger partial charge in [0.1, 0.15) is 23.1 Å². The molecule has 0 aliphatic carbocycles. The van der Waals surface area contributed by atoms with E-state index in [0.717, 1.165) is 22.8 Å². The highest BCUT2D eigenvalue weighted by atomic mass is 16.5. The first kappa shape index (κ1) is 12.5. The highest BCUT2D eigenvalue weighted by Gasteiger charge is 2.11. The van der Waals surface area contributed by atoms with Crippen LogP contribution < -0.4 is 10.5 Å². The summed E-state index contributed by atoms with van der Waals surface area (Å²) in [5.41, 5.74) is 7.86. The minimum atomic E-state index is 0.179. The van der Waals surface area contributed by atoms with Crippen molar-refractivity contribution in [3.63, 3.8) is 0 Å². The van der Waals surface area contributed by atoms with Crippen LogP contribution in [-0.4, -0.2) is 15.7 Å². The van der Waals surface area contributed by atoms with Gasteiger partial charge in [0.15, 0.2) is 0 Å². The fourth-order valence-electron chi connectivity index (χ4n) is 1.80. The zero-order valence-corrected chi connectivity index (χ0v) is 11.3. The second kappa shape index (κ2) is 4.72. The predicted molar refractivity (Wildman–Crippen MR) is 73.6 cm³/mol. The second-order valence-electron chi connectivity index (χ2n) is 4.64. The van der Waals surface area contributed by atoms with Crippen molar-refractivity contribution in [2.75, 3.05) is 5.73 Å². The molecule has 0 aliphatic heterocycles. The normalized spacial score (nSPS) is 10.9. The first-order valence-electron chi connectivity index (χ1n) is 6.05. The van der Waals surface area contributed by atoms with Gasteiger partial charge in [0.25, 0.3) is 0 Å². The summed E-state index contributed by atoms with van der Waals surface area (Å²) in [4.78, 5) is 4.47. The molecule has 1 aromatic heterocycles. The minimum absolute atomic E-state index is 0.179. The Labute approximate surface area is 107 Å². The minimum Gasteiger partial charge on any atom is -0.491 e. The molecule has 2 aromatic rings. The Bertz CT molecular complexity index is 541. The predicted octanol–water partition coefficient (Wildman–Crippen LogP) is 2.76. The number of benzene rings is 1. The smallest absolute Gasteiger partial charge is 0.131 e. The Morgan fingerprint density at radius 1 is 1.22 bits per heavy atom. The summed E-state index contributed by atoms with van der Waals surface area (Å²) in [5.74, 6) is 2.45. The molecule has 1 heterocycles. The van der Waals surface area contributed by atoms with E-state index in [4.69, 9.17) is 10.5 Å². The van der Waals surface area contributed by atoms with Crippen LogP contribution in [0.1, 0.15) is 19.7 Å². The van der Waals surface area contributed by atoms with Crippen LogP contribution >= 0.6 is 0 Å². The van der Waals surface area contributed by atoms with Gasteiger partial charge >= 0.3 is 0 Å². The average molecular weight is 245 g/mol. The van der Waals surface area contributed by atoms with E-state index in [9.17, 15) is 0 Å². The molecule has 0 aliphatic rings. The molecule has 0 bridgehead atoms. The summed E-state index contributed by atoms with van der Waals surface area (Å²) in [7, 11) is 1.91. The van der Waals surface area contributed by atoms with Crippen molar-refractivity contribution >= 4 is 5.82 Å². The van der Waals surface area contributed by atoms with Crippen molar-refractivity contribution in [3.05, 3.63) is 30.1 Å². The van der Waals surface area contributed by atoms with Crippen LogP contribution in [0.15, 0.2) is 24.3 Å². The lowest BCUT2D eigenvalue weighted by Gasteiger charge is -2.09. The van der Waals surface area contributed by atoms with Crippen molar-refractivity contribution in [1.82, 2.24) is 9.55 Å². The number of aromatic nitrogens is 2. The van der Waals surface area contributed by atoms with Gasteiger partial charge in [-0.05, 0) is 45.0 Å². The van der Waals surface area contributed by atoms with E-state index < -0.39 is 0 Å². The van der Waals surface area contributed by atoms with E-state index in [1.807, 2.05) is 56.7 Å². The number of imidazole rings is 1. The van der Waals surface area contributed by atoms with Crippen molar-refractivity contribution < 1.29 is 4.74 Å². The standard InChI is InChI=1S/C14H19N3O/c1-9(2)18-12-7-5-11(6-8-12)13-14(15)17(4)10(3)16-13/h5-9H,15H2,1-4H3. The van der Waals surface area contributed by atoms with Crippen LogP contribution in [0.25, 0.3) is 11.3 Å². The number of ether oxygens (including phenoxy) is 1. The Hall–Kier alpha value is -1.97. The number of nitrogen functional groups attached to an aromatic ring is 1. The van der Waals surface area contributed by atoms with Crippen LogP contribution in [0.4, 0.5) is 5.82 Å². The lowest BCUT2D eigenvalue weighted by Crippen LogP contribution is -2.05. The number of hydrogen-bond donors (Lipinski definition) is 1. The topological polar surface area (TPSA) is 53.1 Å². The molecule has 0 amide bonds. The number of rotatable bonds is 3. The second-order valence-corrected chi connectivity index (χ2v) is 4.64. The van der Waals surface area contributed by atoms with E-state index >= 15 is 0 Å². The van der Waals surface area contributed by atoms with Crippen LogP contribution in [0.5, 0.6) is 5.75 Å². The Kier molecular flexibility index (Phi) is 3.28. The Morgan fingerprint density at radius 3 is 2.28 bits per heavy atom. The molecule has 0 spiro atoms. The maximum Gasteiger partial charge on any atom is 0.131 e. The summed E-state index contributed by atoms with van der Waals surface area (Å²) in [5, 5.41) is 0. The van der Waals surface area contributed by atoms with E-state index in [1.165, 1.54) is 0 Å².